The number of carbonyl (C=O) groups is 3. The predicted octanol–water partition coefficient (Wildman–Crippen LogP) is 1.27. The summed E-state index contributed by atoms with van der Waals surface area (Å²) in [6, 6.07) is 4.62. The van der Waals surface area contributed by atoms with Gasteiger partial charge in [0.2, 0.25) is 5.91 Å². The average Bonchev–Trinajstić information content (AvgIpc) is 2.90. The fourth-order valence-electron chi connectivity index (χ4n) is 2.45. The number of amides is 2. The highest BCUT2D eigenvalue weighted by Gasteiger charge is 2.23. The third-order valence-corrected chi connectivity index (χ3v) is 3.41. The smallest absolute Gasteiger partial charge is 0.253 e. The maximum Gasteiger partial charge on any atom is 0.253 e. The lowest BCUT2D eigenvalue weighted by molar-refractivity contribution is 0.0919. The van der Waals surface area contributed by atoms with E-state index >= 15 is 0 Å². The molecule has 0 aliphatic heterocycles. The van der Waals surface area contributed by atoms with Gasteiger partial charge >= 0.3 is 0 Å². The van der Waals surface area contributed by atoms with Crippen molar-refractivity contribution >= 4 is 18.1 Å². The van der Waals surface area contributed by atoms with Gasteiger partial charge in [-0.2, -0.15) is 0 Å². The molecule has 0 atom stereocenters. The van der Waals surface area contributed by atoms with E-state index in [-0.39, 0.29) is 22.7 Å². The van der Waals surface area contributed by atoms with E-state index in [4.69, 9.17) is 5.73 Å². The van der Waals surface area contributed by atoms with Crippen molar-refractivity contribution in [1.82, 2.24) is 5.32 Å². The molecule has 1 fully saturated rings. The van der Waals surface area contributed by atoms with Crippen molar-refractivity contribution in [2.24, 2.45) is 5.73 Å². The van der Waals surface area contributed by atoms with Crippen LogP contribution in [0.25, 0.3) is 0 Å². The zero-order chi connectivity index (χ0) is 13.8. The van der Waals surface area contributed by atoms with Gasteiger partial charge < -0.3 is 11.1 Å². The van der Waals surface area contributed by atoms with Crippen LogP contribution in [0.5, 0.6) is 0 Å². The largest absolute Gasteiger partial charge is 0.366 e. The molecular formula is C14H16N2O3. The van der Waals surface area contributed by atoms with E-state index in [9.17, 15) is 14.4 Å². The maximum absolute atomic E-state index is 12.2. The van der Waals surface area contributed by atoms with Crippen LogP contribution in [0.1, 0.15) is 56.8 Å². The molecule has 2 amide bonds. The third kappa shape index (κ3) is 2.81. The van der Waals surface area contributed by atoms with Gasteiger partial charge in [0.1, 0.15) is 0 Å². The number of carbonyl (C=O) groups excluding carboxylic acids is 3. The van der Waals surface area contributed by atoms with Crippen molar-refractivity contribution in [1.29, 1.82) is 0 Å². The minimum absolute atomic E-state index is 0.0805. The minimum Gasteiger partial charge on any atom is -0.366 e. The van der Waals surface area contributed by atoms with E-state index < -0.39 is 11.8 Å². The van der Waals surface area contributed by atoms with Crippen LogP contribution in [0.15, 0.2) is 18.2 Å². The summed E-state index contributed by atoms with van der Waals surface area (Å²) in [5, 5.41) is 2.86. The Bertz CT molecular complexity index is 519. The number of hydrogen-bond acceptors (Lipinski definition) is 3. The Morgan fingerprint density at radius 2 is 1.95 bits per heavy atom. The first-order valence-electron chi connectivity index (χ1n) is 6.32. The molecule has 5 heteroatoms. The van der Waals surface area contributed by atoms with Crippen molar-refractivity contribution in [3.05, 3.63) is 34.9 Å². The Balaban J connectivity index is 2.32. The topological polar surface area (TPSA) is 89.3 Å². The fraction of sp³-hybridized carbons (Fsp3) is 0.357. The van der Waals surface area contributed by atoms with Crippen molar-refractivity contribution in [2.45, 2.75) is 31.7 Å². The first-order valence-corrected chi connectivity index (χ1v) is 6.32. The number of primary amides is 1. The van der Waals surface area contributed by atoms with Gasteiger partial charge in [-0.05, 0) is 18.9 Å². The lowest BCUT2D eigenvalue weighted by Crippen LogP contribution is -2.34. The molecule has 0 aromatic heterocycles. The van der Waals surface area contributed by atoms with Crippen LogP contribution in [0.2, 0.25) is 0 Å². The van der Waals surface area contributed by atoms with Gasteiger partial charge in [-0.15, -0.1) is 0 Å². The molecule has 1 aliphatic rings. The Morgan fingerprint density at radius 1 is 1.26 bits per heavy atom. The Hall–Kier alpha value is -2.17. The Kier molecular flexibility index (Phi) is 3.94. The van der Waals surface area contributed by atoms with Gasteiger partial charge in [-0.25, -0.2) is 0 Å². The monoisotopic (exact) mass is 260 g/mol. The zero-order valence-electron chi connectivity index (χ0n) is 10.5. The quantitative estimate of drug-likeness (QED) is 0.799. The number of nitrogens with one attached hydrogen (secondary N) is 1. The highest BCUT2D eigenvalue weighted by atomic mass is 16.2. The summed E-state index contributed by atoms with van der Waals surface area (Å²) < 4.78 is 0. The predicted molar refractivity (Wildman–Crippen MR) is 70.1 cm³/mol. The van der Waals surface area contributed by atoms with Crippen LogP contribution in [0, 0.1) is 0 Å². The van der Waals surface area contributed by atoms with E-state index in [2.05, 4.69) is 5.32 Å². The van der Waals surface area contributed by atoms with E-state index in [1.165, 1.54) is 18.2 Å². The van der Waals surface area contributed by atoms with Crippen molar-refractivity contribution in [3.8, 4) is 0 Å². The molecule has 1 aromatic carbocycles. The third-order valence-electron chi connectivity index (χ3n) is 3.41. The van der Waals surface area contributed by atoms with Crippen LogP contribution < -0.4 is 11.1 Å². The van der Waals surface area contributed by atoms with Gasteiger partial charge in [-0.3, -0.25) is 14.4 Å². The minimum atomic E-state index is -0.708. The van der Waals surface area contributed by atoms with Crippen LogP contribution in [-0.4, -0.2) is 24.1 Å². The summed E-state index contributed by atoms with van der Waals surface area (Å²) in [6.45, 7) is 0. The SMILES string of the molecule is NC(=O)c1cccc(C=O)c1C(=O)NC1CCCC1. The Morgan fingerprint density at radius 3 is 2.53 bits per heavy atom. The molecule has 2 rings (SSSR count). The van der Waals surface area contributed by atoms with Crippen LogP contribution in [0.4, 0.5) is 0 Å². The van der Waals surface area contributed by atoms with Gasteiger partial charge in [0, 0.05) is 11.6 Å². The number of hydrogen-bond donors (Lipinski definition) is 2. The highest BCUT2D eigenvalue weighted by molar-refractivity contribution is 6.10. The zero-order valence-corrected chi connectivity index (χ0v) is 10.5. The van der Waals surface area contributed by atoms with Crippen molar-refractivity contribution < 1.29 is 14.4 Å². The number of rotatable bonds is 4. The number of nitrogens with two attached hydrogens (primary N) is 1. The Labute approximate surface area is 111 Å². The summed E-state index contributed by atoms with van der Waals surface area (Å²) in [6.07, 6.45) is 4.60. The molecule has 0 bridgehead atoms. The molecule has 19 heavy (non-hydrogen) atoms. The van der Waals surface area contributed by atoms with Crippen LogP contribution >= 0.6 is 0 Å². The summed E-state index contributed by atoms with van der Waals surface area (Å²) in [7, 11) is 0. The molecule has 0 heterocycles. The normalized spacial score (nSPS) is 15.2. The average molecular weight is 260 g/mol. The lowest BCUT2D eigenvalue weighted by Gasteiger charge is -2.14. The molecule has 0 unspecified atom stereocenters. The van der Waals surface area contributed by atoms with E-state index in [1.54, 1.807) is 0 Å². The fourth-order valence-corrected chi connectivity index (χ4v) is 2.45. The summed E-state index contributed by atoms with van der Waals surface area (Å²) >= 11 is 0. The van der Waals surface area contributed by atoms with Gasteiger partial charge in [0.25, 0.3) is 5.91 Å². The molecule has 0 spiro atoms. The van der Waals surface area contributed by atoms with Crippen LogP contribution in [-0.2, 0) is 0 Å². The second kappa shape index (κ2) is 5.65. The summed E-state index contributed by atoms with van der Waals surface area (Å²) in [5.74, 6) is -1.11. The standard InChI is InChI=1S/C14H16N2O3/c15-13(18)11-7-3-4-9(8-17)12(11)14(19)16-10-5-1-2-6-10/h3-4,7-8,10H,1-2,5-6H2,(H2,15,18)(H,16,19). The van der Waals surface area contributed by atoms with Crippen LogP contribution in [0.3, 0.4) is 0 Å². The molecule has 1 aliphatic carbocycles. The van der Waals surface area contributed by atoms with Gasteiger partial charge in [0.15, 0.2) is 6.29 Å². The first-order chi connectivity index (χ1) is 9.13. The molecule has 5 nitrogen and oxygen atoms in total. The highest BCUT2D eigenvalue weighted by Crippen LogP contribution is 2.19. The second-order valence-electron chi connectivity index (χ2n) is 4.71. The number of benzene rings is 1. The molecule has 1 saturated carbocycles. The van der Waals surface area contributed by atoms with Crippen molar-refractivity contribution in [3.63, 3.8) is 0 Å². The van der Waals surface area contributed by atoms with Gasteiger partial charge in [-0.1, -0.05) is 25.0 Å². The first kappa shape index (κ1) is 13.3. The summed E-state index contributed by atoms with van der Waals surface area (Å²) in [4.78, 5) is 34.6. The van der Waals surface area contributed by atoms with E-state index in [0.29, 0.717) is 6.29 Å². The molecular weight excluding hydrogens is 244 g/mol. The van der Waals surface area contributed by atoms with E-state index in [1.807, 2.05) is 0 Å². The second-order valence-corrected chi connectivity index (χ2v) is 4.71. The summed E-state index contributed by atoms with van der Waals surface area (Å²) in [5.41, 5.74) is 5.60. The molecule has 1 aromatic rings. The molecule has 0 radical (unpaired) electrons. The van der Waals surface area contributed by atoms with Gasteiger partial charge in [0.05, 0.1) is 11.1 Å². The molecule has 100 valence electrons. The number of aldehydes is 1. The van der Waals surface area contributed by atoms with Crippen molar-refractivity contribution in [2.75, 3.05) is 0 Å². The lowest BCUT2D eigenvalue weighted by atomic mass is 10.00. The van der Waals surface area contributed by atoms with E-state index in [0.717, 1.165) is 25.7 Å². The maximum atomic E-state index is 12.2. The molecule has 0 saturated heterocycles. The molecule has 3 N–H and O–H groups in total.